The molecule has 0 N–H and O–H groups in total. The number of carbonyl (C=O) groups is 2. The molecule has 0 radical (unpaired) electrons. The Hall–Kier alpha value is -3.42. The molecule has 2 aromatic carbocycles. The maximum atomic E-state index is 11.1. The second-order valence-corrected chi connectivity index (χ2v) is 8.27. The van der Waals surface area contributed by atoms with Crippen LogP contribution in [0.2, 0.25) is 0 Å². The number of hydrogen-bond acceptors (Lipinski definition) is 8. The fraction of sp³-hybridized carbons (Fsp3) is 0.500. The molecule has 0 saturated carbocycles. The molecule has 0 aliphatic carbocycles. The number of methoxy groups -OCH3 is 4. The average Bonchev–Trinajstić information content (AvgIpc) is 2.92. The van der Waals surface area contributed by atoms with Crippen LogP contribution in [0.25, 0.3) is 0 Å². The summed E-state index contributed by atoms with van der Waals surface area (Å²) in [6.07, 6.45) is 10.2. The molecule has 0 bridgehead atoms. The summed E-state index contributed by atoms with van der Waals surface area (Å²) in [7, 11) is 6.18. The van der Waals surface area contributed by atoms with Crippen LogP contribution in [0.15, 0.2) is 24.3 Å². The van der Waals surface area contributed by atoms with Crippen LogP contribution >= 0.6 is 0 Å². The Balaban J connectivity index is 1.59. The van der Waals surface area contributed by atoms with E-state index in [0.717, 1.165) is 51.1 Å². The molecular weight excluding hydrogens is 464 g/mol. The maximum absolute atomic E-state index is 11.1. The minimum Gasteiger partial charge on any atom is -0.493 e. The second-order valence-electron chi connectivity index (χ2n) is 8.27. The average molecular weight is 503 g/mol. The Morgan fingerprint density at radius 1 is 0.500 bits per heavy atom. The number of benzene rings is 2. The van der Waals surface area contributed by atoms with Crippen molar-refractivity contribution < 1.29 is 38.0 Å². The molecule has 0 aliphatic heterocycles. The predicted molar refractivity (Wildman–Crippen MR) is 138 cm³/mol. The number of carbonyl (C=O) groups excluding carboxylic acids is 2. The van der Waals surface area contributed by atoms with Gasteiger partial charge in [-0.15, -0.1) is 0 Å². The zero-order valence-electron chi connectivity index (χ0n) is 21.8. The first-order valence-corrected chi connectivity index (χ1v) is 12.3. The molecule has 8 nitrogen and oxygen atoms in total. The van der Waals surface area contributed by atoms with Crippen molar-refractivity contribution in [2.24, 2.45) is 0 Å². The van der Waals surface area contributed by atoms with E-state index < -0.39 is 0 Å². The van der Waals surface area contributed by atoms with E-state index in [1.165, 1.54) is 12.8 Å². The third-order valence-electron chi connectivity index (χ3n) is 5.77. The molecule has 0 aromatic heterocycles. The molecule has 36 heavy (non-hydrogen) atoms. The minimum atomic E-state index is 0.482. The summed E-state index contributed by atoms with van der Waals surface area (Å²) >= 11 is 0. The molecule has 2 aromatic rings. The topological polar surface area (TPSA) is 89.5 Å². The lowest BCUT2D eigenvalue weighted by molar-refractivity contribution is 0.111. The normalized spacial score (nSPS) is 10.4. The molecule has 0 heterocycles. The van der Waals surface area contributed by atoms with E-state index in [-0.39, 0.29) is 0 Å². The van der Waals surface area contributed by atoms with Crippen LogP contribution in [-0.4, -0.2) is 54.2 Å². The molecule has 2 rings (SSSR count). The molecule has 0 unspecified atom stereocenters. The van der Waals surface area contributed by atoms with Gasteiger partial charge in [-0.25, -0.2) is 0 Å². The van der Waals surface area contributed by atoms with E-state index in [4.69, 9.17) is 28.4 Å². The Labute approximate surface area is 213 Å². The number of unbranched alkanes of at least 4 members (excludes halogenated alkanes) is 7. The number of aldehydes is 2. The number of ether oxygens (including phenoxy) is 6. The SMILES string of the molecule is COc1cc(C=O)cc(OC)c1OCCCCCCCCCCOc1c(OC)cc(C=O)cc1OC. The molecule has 0 fully saturated rings. The molecule has 8 heteroatoms. The summed E-state index contributed by atoms with van der Waals surface area (Å²) < 4.78 is 33.1. The highest BCUT2D eigenvalue weighted by molar-refractivity contribution is 5.79. The number of rotatable bonds is 19. The van der Waals surface area contributed by atoms with E-state index in [1.54, 1.807) is 52.7 Å². The van der Waals surface area contributed by atoms with Gasteiger partial charge in [-0.05, 0) is 37.1 Å². The minimum absolute atomic E-state index is 0.482. The second kappa shape index (κ2) is 16.3. The lowest BCUT2D eigenvalue weighted by Gasteiger charge is -2.15. The van der Waals surface area contributed by atoms with Crippen molar-refractivity contribution in [3.8, 4) is 34.5 Å². The van der Waals surface area contributed by atoms with E-state index in [0.29, 0.717) is 58.8 Å². The van der Waals surface area contributed by atoms with E-state index in [9.17, 15) is 9.59 Å². The van der Waals surface area contributed by atoms with Crippen molar-refractivity contribution in [2.45, 2.75) is 51.4 Å². The first-order chi connectivity index (χ1) is 17.6. The van der Waals surface area contributed by atoms with E-state index in [2.05, 4.69) is 0 Å². The highest BCUT2D eigenvalue weighted by Gasteiger charge is 2.15. The van der Waals surface area contributed by atoms with Crippen LogP contribution in [-0.2, 0) is 0 Å². The summed E-state index contributed by atoms with van der Waals surface area (Å²) in [5.74, 6) is 3.04. The first kappa shape index (κ1) is 28.8. The summed E-state index contributed by atoms with van der Waals surface area (Å²) in [6, 6.07) is 6.58. The van der Waals surface area contributed by atoms with Crippen LogP contribution in [0, 0.1) is 0 Å². The smallest absolute Gasteiger partial charge is 0.203 e. The standard InChI is InChI=1S/C28H38O8/c1-31-23-15-21(19-29)16-24(32-2)27(23)35-13-11-9-7-5-6-8-10-12-14-36-28-25(33-3)17-22(20-30)18-26(28)34-4/h15-20H,5-14H2,1-4H3. The van der Waals surface area contributed by atoms with Gasteiger partial charge in [-0.3, -0.25) is 9.59 Å². The van der Waals surface area contributed by atoms with Gasteiger partial charge in [-0.1, -0.05) is 38.5 Å². The van der Waals surface area contributed by atoms with Crippen LogP contribution < -0.4 is 28.4 Å². The molecular formula is C28H38O8. The molecule has 0 amide bonds. The van der Waals surface area contributed by atoms with E-state index in [1.807, 2.05) is 0 Å². The third-order valence-corrected chi connectivity index (χ3v) is 5.77. The van der Waals surface area contributed by atoms with Gasteiger partial charge in [-0.2, -0.15) is 0 Å². The Kier molecular flexibility index (Phi) is 13.0. The zero-order valence-corrected chi connectivity index (χ0v) is 21.8. The fourth-order valence-corrected chi connectivity index (χ4v) is 3.83. The van der Waals surface area contributed by atoms with Crippen LogP contribution in [0.5, 0.6) is 34.5 Å². The van der Waals surface area contributed by atoms with E-state index >= 15 is 0 Å². The van der Waals surface area contributed by atoms with Gasteiger partial charge in [0.25, 0.3) is 0 Å². The van der Waals surface area contributed by atoms with Crippen molar-refractivity contribution in [2.75, 3.05) is 41.7 Å². The Morgan fingerprint density at radius 3 is 1.03 bits per heavy atom. The van der Waals surface area contributed by atoms with Gasteiger partial charge in [0.15, 0.2) is 23.0 Å². The zero-order chi connectivity index (χ0) is 26.2. The first-order valence-electron chi connectivity index (χ1n) is 12.3. The third kappa shape index (κ3) is 8.66. The summed E-state index contributed by atoms with van der Waals surface area (Å²) in [6.45, 7) is 1.12. The van der Waals surface area contributed by atoms with Crippen molar-refractivity contribution in [1.82, 2.24) is 0 Å². The van der Waals surface area contributed by atoms with Gasteiger partial charge >= 0.3 is 0 Å². The van der Waals surface area contributed by atoms with Crippen LogP contribution in [0.3, 0.4) is 0 Å². The van der Waals surface area contributed by atoms with Gasteiger partial charge in [0.2, 0.25) is 11.5 Å². The van der Waals surface area contributed by atoms with Gasteiger partial charge < -0.3 is 28.4 Å². The largest absolute Gasteiger partial charge is 0.493 e. The monoisotopic (exact) mass is 502 g/mol. The van der Waals surface area contributed by atoms with Gasteiger partial charge in [0, 0.05) is 11.1 Å². The number of hydrogen-bond donors (Lipinski definition) is 0. The van der Waals surface area contributed by atoms with Crippen molar-refractivity contribution >= 4 is 12.6 Å². The molecule has 198 valence electrons. The molecule has 0 spiro atoms. The summed E-state index contributed by atoms with van der Waals surface area (Å²) in [5, 5.41) is 0. The van der Waals surface area contributed by atoms with Crippen LogP contribution in [0.1, 0.15) is 72.1 Å². The lowest BCUT2D eigenvalue weighted by Crippen LogP contribution is -2.03. The summed E-state index contributed by atoms with van der Waals surface area (Å²) in [4.78, 5) is 22.1. The van der Waals surface area contributed by atoms with Crippen molar-refractivity contribution in [3.63, 3.8) is 0 Å². The highest BCUT2D eigenvalue weighted by atomic mass is 16.5. The summed E-state index contributed by atoms with van der Waals surface area (Å²) in [5.41, 5.74) is 0.964. The fourth-order valence-electron chi connectivity index (χ4n) is 3.83. The van der Waals surface area contributed by atoms with Gasteiger partial charge in [0.1, 0.15) is 12.6 Å². The molecule has 0 atom stereocenters. The Morgan fingerprint density at radius 2 is 0.778 bits per heavy atom. The Bertz CT molecular complexity index is 829. The highest BCUT2D eigenvalue weighted by Crippen LogP contribution is 2.39. The van der Waals surface area contributed by atoms with Gasteiger partial charge in [0.05, 0.1) is 41.7 Å². The lowest BCUT2D eigenvalue weighted by atomic mass is 10.1. The predicted octanol–water partition coefficient (Wildman–Crippen LogP) is 5.92. The quantitative estimate of drug-likeness (QED) is 0.173. The molecule has 0 saturated heterocycles. The molecule has 0 aliphatic rings. The van der Waals surface area contributed by atoms with Crippen LogP contribution in [0.4, 0.5) is 0 Å². The van der Waals surface area contributed by atoms with Crippen molar-refractivity contribution in [1.29, 1.82) is 0 Å². The maximum Gasteiger partial charge on any atom is 0.203 e. The van der Waals surface area contributed by atoms with Crippen molar-refractivity contribution in [3.05, 3.63) is 35.4 Å².